The first-order valence-electron chi connectivity index (χ1n) is 6.50. The Morgan fingerprint density at radius 3 is 2.75 bits per heavy atom. The van der Waals surface area contributed by atoms with Crippen molar-refractivity contribution in [2.24, 2.45) is 0 Å². The lowest BCUT2D eigenvalue weighted by atomic mass is 10.1. The summed E-state index contributed by atoms with van der Waals surface area (Å²) in [6, 6.07) is 19.0. The lowest BCUT2D eigenvalue weighted by Crippen LogP contribution is -2.00. The highest BCUT2D eigenvalue weighted by Gasteiger charge is 2.18. The van der Waals surface area contributed by atoms with Gasteiger partial charge >= 0.3 is 0 Å². The summed E-state index contributed by atoms with van der Waals surface area (Å²) < 4.78 is 5.30. The van der Waals surface area contributed by atoms with Gasteiger partial charge < -0.3 is 10.1 Å². The first-order chi connectivity index (χ1) is 9.85. The largest absolute Gasteiger partial charge is 0.497 e. The number of rotatable bonds is 1. The third-order valence-electron chi connectivity index (χ3n) is 3.56. The second-order valence-corrected chi connectivity index (χ2v) is 5.83. The Morgan fingerprint density at radius 1 is 0.950 bits per heavy atom. The zero-order valence-electron chi connectivity index (χ0n) is 11.0. The van der Waals surface area contributed by atoms with Crippen molar-refractivity contribution in [3.8, 4) is 5.75 Å². The minimum absolute atomic E-state index is 0.891. The predicted molar refractivity (Wildman–Crippen MR) is 84.3 cm³/mol. The van der Waals surface area contributed by atoms with Crippen molar-refractivity contribution in [3.63, 3.8) is 0 Å². The summed E-state index contributed by atoms with van der Waals surface area (Å²) in [6.45, 7) is 0. The first-order valence-corrected chi connectivity index (χ1v) is 7.31. The van der Waals surface area contributed by atoms with E-state index in [-0.39, 0.29) is 0 Å². The molecule has 0 aliphatic carbocycles. The van der Waals surface area contributed by atoms with Crippen LogP contribution in [0.15, 0.2) is 64.4 Å². The van der Waals surface area contributed by atoms with Crippen LogP contribution < -0.4 is 10.1 Å². The standard InChI is InChI=1S/C17H13NOS/c1-19-12-7-8-14-16(10-12)20-15-9-6-11-4-2-3-5-13(11)17(15)18-14/h2-10,18H,1H3. The van der Waals surface area contributed by atoms with Gasteiger partial charge in [0, 0.05) is 15.2 Å². The summed E-state index contributed by atoms with van der Waals surface area (Å²) >= 11 is 1.78. The Labute approximate surface area is 121 Å². The molecule has 0 amide bonds. The Balaban J connectivity index is 1.89. The number of hydrogen-bond acceptors (Lipinski definition) is 3. The maximum atomic E-state index is 5.30. The second-order valence-electron chi connectivity index (χ2n) is 4.75. The van der Waals surface area contributed by atoms with Crippen LogP contribution in [-0.4, -0.2) is 7.11 Å². The van der Waals surface area contributed by atoms with Crippen molar-refractivity contribution in [1.82, 2.24) is 0 Å². The molecule has 20 heavy (non-hydrogen) atoms. The Bertz CT molecular complexity index is 813. The highest BCUT2D eigenvalue weighted by atomic mass is 32.2. The zero-order valence-corrected chi connectivity index (χ0v) is 11.8. The van der Waals surface area contributed by atoms with E-state index < -0.39 is 0 Å². The molecule has 0 saturated carbocycles. The van der Waals surface area contributed by atoms with Crippen LogP contribution in [0.1, 0.15) is 0 Å². The van der Waals surface area contributed by atoms with Gasteiger partial charge in [0.2, 0.25) is 0 Å². The zero-order chi connectivity index (χ0) is 13.5. The number of nitrogens with one attached hydrogen (secondary N) is 1. The summed E-state index contributed by atoms with van der Waals surface area (Å²) in [6.07, 6.45) is 0. The summed E-state index contributed by atoms with van der Waals surface area (Å²) in [7, 11) is 1.70. The van der Waals surface area contributed by atoms with Crippen molar-refractivity contribution < 1.29 is 4.74 Å². The van der Waals surface area contributed by atoms with E-state index in [9.17, 15) is 0 Å². The topological polar surface area (TPSA) is 21.3 Å². The van der Waals surface area contributed by atoms with Gasteiger partial charge in [-0.15, -0.1) is 0 Å². The number of fused-ring (bicyclic) bond motifs is 4. The van der Waals surface area contributed by atoms with E-state index >= 15 is 0 Å². The summed E-state index contributed by atoms with van der Waals surface area (Å²) in [5.74, 6) is 0.891. The number of hydrogen-bond donors (Lipinski definition) is 1. The van der Waals surface area contributed by atoms with Crippen molar-refractivity contribution >= 4 is 33.9 Å². The molecule has 3 aromatic rings. The fourth-order valence-corrected chi connectivity index (χ4v) is 3.58. The molecule has 2 nitrogen and oxygen atoms in total. The fraction of sp³-hybridized carbons (Fsp3) is 0.0588. The quantitative estimate of drug-likeness (QED) is 0.526. The van der Waals surface area contributed by atoms with E-state index in [2.05, 4.69) is 53.8 Å². The first kappa shape index (κ1) is 11.7. The van der Waals surface area contributed by atoms with Gasteiger partial charge in [0.15, 0.2) is 0 Å². The lowest BCUT2D eigenvalue weighted by Gasteiger charge is -2.22. The molecule has 0 saturated heterocycles. The van der Waals surface area contributed by atoms with E-state index in [1.807, 2.05) is 6.07 Å². The van der Waals surface area contributed by atoms with Gasteiger partial charge in [0.25, 0.3) is 0 Å². The van der Waals surface area contributed by atoms with Crippen molar-refractivity contribution in [1.29, 1.82) is 0 Å². The third kappa shape index (κ3) is 1.74. The van der Waals surface area contributed by atoms with Gasteiger partial charge in [0.05, 0.1) is 18.5 Å². The van der Waals surface area contributed by atoms with Crippen LogP contribution >= 0.6 is 11.8 Å². The van der Waals surface area contributed by atoms with Gasteiger partial charge in [-0.25, -0.2) is 0 Å². The van der Waals surface area contributed by atoms with Crippen molar-refractivity contribution in [2.45, 2.75) is 9.79 Å². The van der Waals surface area contributed by atoms with Crippen LogP contribution in [0.5, 0.6) is 5.75 Å². The summed E-state index contributed by atoms with van der Waals surface area (Å²) in [4.78, 5) is 2.46. The normalized spacial score (nSPS) is 12.4. The molecular weight excluding hydrogens is 266 g/mol. The summed E-state index contributed by atoms with van der Waals surface area (Å²) in [5, 5.41) is 6.08. The van der Waals surface area contributed by atoms with Gasteiger partial charge in [-0.3, -0.25) is 0 Å². The molecule has 98 valence electrons. The molecule has 0 spiro atoms. The average Bonchev–Trinajstić information content (AvgIpc) is 2.52. The molecule has 3 heteroatoms. The van der Waals surface area contributed by atoms with Crippen LogP contribution in [0.4, 0.5) is 11.4 Å². The Hall–Kier alpha value is -2.13. The van der Waals surface area contributed by atoms with Crippen molar-refractivity contribution in [3.05, 3.63) is 54.6 Å². The van der Waals surface area contributed by atoms with E-state index in [1.165, 1.54) is 26.3 Å². The van der Waals surface area contributed by atoms with Crippen LogP contribution in [0.2, 0.25) is 0 Å². The Morgan fingerprint density at radius 2 is 1.85 bits per heavy atom. The van der Waals surface area contributed by atoms with Crippen molar-refractivity contribution in [2.75, 3.05) is 12.4 Å². The second kappa shape index (κ2) is 4.46. The lowest BCUT2D eigenvalue weighted by molar-refractivity contribution is 0.414. The monoisotopic (exact) mass is 279 g/mol. The average molecular weight is 279 g/mol. The molecule has 3 aromatic carbocycles. The molecule has 0 fully saturated rings. The number of benzene rings is 3. The smallest absolute Gasteiger partial charge is 0.120 e. The van der Waals surface area contributed by atoms with E-state index in [1.54, 1.807) is 18.9 Å². The maximum absolute atomic E-state index is 5.30. The minimum atomic E-state index is 0.891. The number of methoxy groups -OCH3 is 1. The molecule has 0 unspecified atom stereocenters. The maximum Gasteiger partial charge on any atom is 0.120 e. The molecule has 1 aliphatic heterocycles. The molecule has 0 bridgehead atoms. The number of anilines is 2. The molecule has 1 heterocycles. The fourth-order valence-electron chi connectivity index (χ4n) is 2.54. The highest BCUT2D eigenvalue weighted by molar-refractivity contribution is 7.99. The predicted octanol–water partition coefficient (Wildman–Crippen LogP) is 5.06. The van der Waals surface area contributed by atoms with E-state index in [0.29, 0.717) is 0 Å². The number of ether oxygens (including phenoxy) is 1. The van der Waals surface area contributed by atoms with Gasteiger partial charge in [-0.1, -0.05) is 42.1 Å². The molecule has 0 radical (unpaired) electrons. The van der Waals surface area contributed by atoms with Crippen LogP contribution in [0.25, 0.3) is 10.8 Å². The van der Waals surface area contributed by atoms with Crippen LogP contribution in [0.3, 0.4) is 0 Å². The van der Waals surface area contributed by atoms with Gasteiger partial charge in [-0.05, 0) is 29.7 Å². The molecule has 1 N–H and O–H groups in total. The van der Waals surface area contributed by atoms with E-state index in [4.69, 9.17) is 4.74 Å². The minimum Gasteiger partial charge on any atom is -0.497 e. The SMILES string of the molecule is COc1ccc2c(c1)Sc1ccc3ccccc3c1N2. The van der Waals surface area contributed by atoms with E-state index in [0.717, 1.165) is 11.4 Å². The summed E-state index contributed by atoms with van der Waals surface area (Å²) in [5.41, 5.74) is 2.34. The van der Waals surface area contributed by atoms with Gasteiger partial charge in [0.1, 0.15) is 5.75 Å². The van der Waals surface area contributed by atoms with Crippen LogP contribution in [0, 0.1) is 0 Å². The Kier molecular flexibility index (Phi) is 2.60. The molecule has 4 rings (SSSR count). The molecular formula is C17H13NOS. The van der Waals surface area contributed by atoms with Gasteiger partial charge in [-0.2, -0.15) is 0 Å². The molecule has 1 aliphatic rings. The highest BCUT2D eigenvalue weighted by Crippen LogP contribution is 2.47. The van der Waals surface area contributed by atoms with Crippen LogP contribution in [-0.2, 0) is 0 Å². The molecule has 0 atom stereocenters. The molecule has 0 aromatic heterocycles. The third-order valence-corrected chi connectivity index (χ3v) is 4.68.